The minimum Gasteiger partial charge on any atom is -0.349 e. The number of hydrogen-bond donors (Lipinski definition) is 1. The van der Waals surface area contributed by atoms with Crippen molar-refractivity contribution in [2.45, 2.75) is 31.2 Å². The summed E-state index contributed by atoms with van der Waals surface area (Å²) in [4.78, 5) is 22.1. The van der Waals surface area contributed by atoms with Crippen LogP contribution in [0.2, 0.25) is 0 Å². The van der Waals surface area contributed by atoms with Crippen LogP contribution in [0.25, 0.3) is 27.6 Å². The molecule has 2 aromatic heterocycles. The Morgan fingerprint density at radius 2 is 1.61 bits per heavy atom. The highest BCUT2D eigenvalue weighted by molar-refractivity contribution is 7.99. The predicted molar refractivity (Wildman–Crippen MR) is 129 cm³/mol. The average molecular weight is 426 g/mol. The molecule has 31 heavy (non-hydrogen) atoms. The van der Waals surface area contributed by atoms with Crippen molar-refractivity contribution in [1.82, 2.24) is 14.5 Å². The summed E-state index contributed by atoms with van der Waals surface area (Å²) in [6.45, 7) is 6.25. The van der Waals surface area contributed by atoms with Gasteiger partial charge in [-0.25, -0.2) is 4.98 Å². The normalized spacial score (nSPS) is 12.5. The van der Waals surface area contributed by atoms with Crippen molar-refractivity contribution in [1.29, 1.82) is 0 Å². The molecule has 1 atom stereocenters. The van der Waals surface area contributed by atoms with Crippen LogP contribution in [0.1, 0.15) is 28.9 Å². The highest BCUT2D eigenvalue weighted by Crippen LogP contribution is 2.35. The molecular weight excluding hydrogens is 402 g/mol. The highest BCUT2D eigenvalue weighted by atomic mass is 32.2. The van der Waals surface area contributed by atoms with E-state index in [0.29, 0.717) is 10.7 Å². The van der Waals surface area contributed by atoms with Crippen molar-refractivity contribution in [3.8, 4) is 5.69 Å². The number of aromatic nitrogens is 3. The van der Waals surface area contributed by atoms with Crippen LogP contribution in [0.4, 0.5) is 0 Å². The first kappa shape index (κ1) is 19.6. The molecule has 0 bridgehead atoms. The van der Waals surface area contributed by atoms with Crippen molar-refractivity contribution >= 4 is 33.7 Å². The van der Waals surface area contributed by atoms with Gasteiger partial charge in [0.2, 0.25) is 0 Å². The molecule has 5 heteroatoms. The fraction of sp³-hybridized carbons (Fsp3) is 0.154. The second-order valence-corrected chi connectivity index (χ2v) is 9.25. The van der Waals surface area contributed by atoms with Gasteiger partial charge in [-0.15, -0.1) is 0 Å². The number of H-pyrrole nitrogens is 1. The molecule has 4 nitrogen and oxygen atoms in total. The Morgan fingerprint density at radius 3 is 2.35 bits per heavy atom. The van der Waals surface area contributed by atoms with Gasteiger partial charge in [0.15, 0.2) is 5.16 Å². The fourth-order valence-corrected chi connectivity index (χ4v) is 5.13. The minimum atomic E-state index is -0.0750. The zero-order chi connectivity index (χ0) is 21.5. The van der Waals surface area contributed by atoms with E-state index in [2.05, 4.69) is 44.0 Å². The number of para-hydroxylation sites is 1. The van der Waals surface area contributed by atoms with Gasteiger partial charge in [-0.05, 0) is 55.7 Å². The van der Waals surface area contributed by atoms with Crippen molar-refractivity contribution in [3.63, 3.8) is 0 Å². The summed E-state index contributed by atoms with van der Waals surface area (Å²) in [5.41, 5.74) is 6.39. The lowest BCUT2D eigenvalue weighted by atomic mass is 10.1. The van der Waals surface area contributed by atoms with E-state index in [9.17, 15) is 4.79 Å². The van der Waals surface area contributed by atoms with E-state index in [1.807, 2.05) is 54.6 Å². The number of fused-ring (bicyclic) bond motifs is 3. The van der Waals surface area contributed by atoms with Crippen LogP contribution in [0.3, 0.4) is 0 Å². The van der Waals surface area contributed by atoms with E-state index in [1.54, 1.807) is 16.3 Å². The van der Waals surface area contributed by atoms with Crippen molar-refractivity contribution in [2.75, 3.05) is 0 Å². The summed E-state index contributed by atoms with van der Waals surface area (Å²) >= 11 is 1.61. The molecule has 0 aliphatic carbocycles. The van der Waals surface area contributed by atoms with Gasteiger partial charge in [0, 0.05) is 16.2 Å². The second kappa shape index (κ2) is 7.75. The molecule has 0 fully saturated rings. The standard InChI is InChI=1S/C26H23N3OS/c1-16-13-17(2)15-20(14-16)29-25(30)24-23(21-11-7-8-12-22(21)27-24)28-26(29)31-18(3)19-9-5-4-6-10-19/h4-15,18,27H,1-3H3. The Labute approximate surface area is 185 Å². The average Bonchev–Trinajstić information content (AvgIpc) is 3.13. The monoisotopic (exact) mass is 425 g/mol. The highest BCUT2D eigenvalue weighted by Gasteiger charge is 2.19. The molecule has 5 aromatic rings. The van der Waals surface area contributed by atoms with Crippen LogP contribution >= 0.6 is 11.8 Å². The number of aryl methyl sites for hydroxylation is 2. The van der Waals surface area contributed by atoms with Crippen LogP contribution < -0.4 is 5.56 Å². The third-order valence-electron chi connectivity index (χ3n) is 5.51. The van der Waals surface area contributed by atoms with Gasteiger partial charge >= 0.3 is 0 Å². The van der Waals surface area contributed by atoms with Crippen LogP contribution in [0, 0.1) is 13.8 Å². The zero-order valence-electron chi connectivity index (χ0n) is 17.7. The van der Waals surface area contributed by atoms with Gasteiger partial charge in [0.25, 0.3) is 5.56 Å². The Balaban J connectivity index is 1.78. The maximum absolute atomic E-state index is 13.7. The summed E-state index contributed by atoms with van der Waals surface area (Å²) in [5, 5.41) is 1.81. The lowest BCUT2D eigenvalue weighted by Gasteiger charge is -2.17. The predicted octanol–water partition coefficient (Wildman–Crippen LogP) is 6.34. The van der Waals surface area contributed by atoms with E-state index in [1.165, 1.54) is 5.56 Å². The smallest absolute Gasteiger partial charge is 0.283 e. The molecule has 2 heterocycles. The number of nitrogens with one attached hydrogen (secondary N) is 1. The molecule has 0 saturated carbocycles. The van der Waals surface area contributed by atoms with E-state index >= 15 is 0 Å². The first-order valence-electron chi connectivity index (χ1n) is 10.3. The van der Waals surface area contributed by atoms with Crippen LogP contribution in [0.15, 0.2) is 82.7 Å². The molecular formula is C26H23N3OS. The number of thioether (sulfide) groups is 1. The first-order chi connectivity index (χ1) is 15.0. The fourth-order valence-electron chi connectivity index (χ4n) is 4.08. The van der Waals surface area contributed by atoms with E-state index < -0.39 is 0 Å². The molecule has 0 saturated heterocycles. The topological polar surface area (TPSA) is 50.7 Å². The molecule has 1 unspecified atom stereocenters. The third kappa shape index (κ3) is 3.55. The lowest BCUT2D eigenvalue weighted by molar-refractivity contribution is 0.812. The quantitative estimate of drug-likeness (QED) is 0.270. The molecule has 0 aliphatic heterocycles. The molecule has 0 aliphatic rings. The Morgan fingerprint density at radius 1 is 0.935 bits per heavy atom. The summed E-state index contributed by atoms with van der Waals surface area (Å²) in [6.07, 6.45) is 0. The van der Waals surface area contributed by atoms with E-state index in [4.69, 9.17) is 4.98 Å². The molecule has 5 rings (SSSR count). The van der Waals surface area contributed by atoms with Crippen LogP contribution in [-0.2, 0) is 0 Å². The number of rotatable bonds is 4. The molecule has 154 valence electrons. The van der Waals surface area contributed by atoms with Gasteiger partial charge in [-0.2, -0.15) is 0 Å². The number of hydrogen-bond acceptors (Lipinski definition) is 3. The third-order valence-corrected chi connectivity index (χ3v) is 6.62. The summed E-state index contributed by atoms with van der Waals surface area (Å²) in [6, 6.07) is 24.5. The van der Waals surface area contributed by atoms with Crippen molar-refractivity contribution < 1.29 is 0 Å². The largest absolute Gasteiger partial charge is 0.349 e. The Hall–Kier alpha value is -3.31. The molecule has 0 radical (unpaired) electrons. The summed E-state index contributed by atoms with van der Waals surface area (Å²) in [5.74, 6) is 0. The van der Waals surface area contributed by atoms with Gasteiger partial charge in [0.1, 0.15) is 11.0 Å². The Bertz CT molecular complexity index is 1450. The maximum Gasteiger partial charge on any atom is 0.283 e. The molecule has 0 amide bonds. The van der Waals surface area contributed by atoms with Crippen molar-refractivity contribution in [3.05, 3.63) is 99.8 Å². The van der Waals surface area contributed by atoms with E-state index in [-0.39, 0.29) is 10.8 Å². The maximum atomic E-state index is 13.7. The van der Waals surface area contributed by atoms with Crippen LogP contribution in [0.5, 0.6) is 0 Å². The van der Waals surface area contributed by atoms with Gasteiger partial charge in [-0.3, -0.25) is 9.36 Å². The lowest BCUT2D eigenvalue weighted by Crippen LogP contribution is -2.22. The van der Waals surface area contributed by atoms with Crippen molar-refractivity contribution in [2.24, 2.45) is 0 Å². The van der Waals surface area contributed by atoms with E-state index in [0.717, 1.165) is 33.2 Å². The molecule has 3 aromatic carbocycles. The SMILES string of the molecule is Cc1cc(C)cc(-n2c(SC(C)c3ccccc3)nc3c([nH]c4ccccc43)c2=O)c1. The molecule has 1 N–H and O–H groups in total. The van der Waals surface area contributed by atoms with Gasteiger partial charge in [0.05, 0.1) is 5.69 Å². The second-order valence-electron chi connectivity index (χ2n) is 7.95. The number of aromatic amines is 1. The van der Waals surface area contributed by atoms with Gasteiger partial charge in [-0.1, -0.05) is 66.4 Å². The first-order valence-corrected chi connectivity index (χ1v) is 11.2. The Kier molecular flexibility index (Phi) is 4.91. The number of benzene rings is 3. The summed E-state index contributed by atoms with van der Waals surface area (Å²) < 4.78 is 1.75. The van der Waals surface area contributed by atoms with Gasteiger partial charge < -0.3 is 4.98 Å². The zero-order valence-corrected chi connectivity index (χ0v) is 18.5. The number of nitrogens with zero attached hydrogens (tertiary/aromatic N) is 2. The molecule has 0 spiro atoms. The van der Waals surface area contributed by atoms with Crippen LogP contribution in [-0.4, -0.2) is 14.5 Å². The minimum absolute atomic E-state index is 0.0750. The summed E-state index contributed by atoms with van der Waals surface area (Å²) in [7, 11) is 0.